The number of halogens is 1. The molecule has 1 aromatic carbocycles. The molecule has 2 rings (SSSR count). The summed E-state index contributed by atoms with van der Waals surface area (Å²) in [5.41, 5.74) is 7.91. The molecule has 3 N–H and O–H groups in total. The van der Waals surface area contributed by atoms with Crippen molar-refractivity contribution in [3.05, 3.63) is 23.2 Å². The highest BCUT2D eigenvalue weighted by Gasteiger charge is 2.31. The Morgan fingerprint density at radius 3 is 2.73 bits per heavy atom. The van der Waals surface area contributed by atoms with Gasteiger partial charge in [-0.15, -0.1) is 0 Å². The van der Waals surface area contributed by atoms with Crippen molar-refractivity contribution >= 4 is 23.0 Å². The second-order valence-electron chi connectivity index (χ2n) is 4.72. The van der Waals surface area contributed by atoms with E-state index in [0.717, 1.165) is 17.9 Å². The van der Waals surface area contributed by atoms with Crippen LogP contribution < -0.4 is 11.1 Å². The average Bonchev–Trinajstić information content (AvgIpc) is 2.14. The summed E-state index contributed by atoms with van der Waals surface area (Å²) in [6, 6.07) is 5.61. The van der Waals surface area contributed by atoms with Gasteiger partial charge in [0.1, 0.15) is 0 Å². The summed E-state index contributed by atoms with van der Waals surface area (Å²) in [5, 5.41) is 4.07. The zero-order chi connectivity index (χ0) is 10.9. The van der Waals surface area contributed by atoms with Gasteiger partial charge in [0.25, 0.3) is 0 Å². The van der Waals surface area contributed by atoms with Gasteiger partial charge in [0.2, 0.25) is 0 Å². The third kappa shape index (κ3) is 2.20. The van der Waals surface area contributed by atoms with Crippen LogP contribution in [0.3, 0.4) is 0 Å². The van der Waals surface area contributed by atoms with Crippen molar-refractivity contribution in [2.75, 3.05) is 17.6 Å². The zero-order valence-electron chi connectivity index (χ0n) is 9.02. The summed E-state index contributed by atoms with van der Waals surface area (Å²) >= 11 is 6.08. The molecule has 3 heteroatoms. The van der Waals surface area contributed by atoms with E-state index in [2.05, 4.69) is 12.2 Å². The van der Waals surface area contributed by atoms with Gasteiger partial charge in [-0.25, -0.2) is 0 Å². The van der Waals surface area contributed by atoms with Crippen molar-refractivity contribution in [1.29, 1.82) is 0 Å². The Bertz CT molecular complexity index is 338. The van der Waals surface area contributed by atoms with Gasteiger partial charge in [-0.1, -0.05) is 31.0 Å². The van der Waals surface area contributed by atoms with Crippen molar-refractivity contribution in [3.63, 3.8) is 0 Å². The van der Waals surface area contributed by atoms with E-state index >= 15 is 0 Å². The van der Waals surface area contributed by atoms with E-state index in [1.165, 1.54) is 19.3 Å². The molecule has 0 atom stereocenters. The smallest absolute Gasteiger partial charge is 0.0763 e. The van der Waals surface area contributed by atoms with E-state index in [0.29, 0.717) is 10.4 Å². The number of nitrogens with one attached hydrogen (secondary N) is 1. The Kier molecular flexibility index (Phi) is 2.79. The van der Waals surface area contributed by atoms with Crippen LogP contribution in [0.15, 0.2) is 18.2 Å². The summed E-state index contributed by atoms with van der Waals surface area (Å²) in [5.74, 6) is 0. The minimum Gasteiger partial charge on any atom is -0.397 e. The lowest BCUT2D eigenvalue weighted by Crippen LogP contribution is -2.33. The summed E-state index contributed by atoms with van der Waals surface area (Å²) in [4.78, 5) is 0. The van der Waals surface area contributed by atoms with Crippen LogP contribution in [0.4, 0.5) is 11.4 Å². The van der Waals surface area contributed by atoms with E-state index in [4.69, 9.17) is 17.3 Å². The van der Waals surface area contributed by atoms with E-state index in [-0.39, 0.29) is 0 Å². The number of nitrogens with two attached hydrogens (primary N) is 1. The molecule has 0 radical (unpaired) electrons. The van der Waals surface area contributed by atoms with Crippen LogP contribution in [0.1, 0.15) is 26.2 Å². The Balaban J connectivity index is 2.04. The molecule has 1 saturated carbocycles. The average molecular weight is 225 g/mol. The van der Waals surface area contributed by atoms with Gasteiger partial charge in [-0.2, -0.15) is 0 Å². The molecule has 0 bridgehead atoms. The van der Waals surface area contributed by atoms with Crippen molar-refractivity contribution < 1.29 is 0 Å². The molecule has 0 heterocycles. The molecule has 2 nitrogen and oxygen atoms in total. The predicted molar refractivity (Wildman–Crippen MR) is 66.3 cm³/mol. The van der Waals surface area contributed by atoms with Crippen molar-refractivity contribution in [2.45, 2.75) is 26.2 Å². The van der Waals surface area contributed by atoms with Crippen LogP contribution in [-0.2, 0) is 0 Å². The van der Waals surface area contributed by atoms with Crippen LogP contribution in [-0.4, -0.2) is 6.54 Å². The molecule has 0 spiro atoms. The lowest BCUT2D eigenvalue weighted by molar-refractivity contribution is 0.180. The fourth-order valence-corrected chi connectivity index (χ4v) is 2.23. The lowest BCUT2D eigenvalue weighted by Gasteiger charge is -2.38. The van der Waals surface area contributed by atoms with Gasteiger partial charge in [0.05, 0.1) is 16.4 Å². The first-order valence-corrected chi connectivity index (χ1v) is 5.76. The molecular weight excluding hydrogens is 208 g/mol. The minimum absolute atomic E-state index is 0.436. The molecule has 0 unspecified atom stereocenters. The minimum atomic E-state index is 0.436. The van der Waals surface area contributed by atoms with Gasteiger partial charge in [-0.3, -0.25) is 0 Å². The molecule has 1 aliphatic rings. The molecule has 1 aromatic rings. The summed E-state index contributed by atoms with van der Waals surface area (Å²) < 4.78 is 0. The maximum absolute atomic E-state index is 6.08. The normalized spacial score (nSPS) is 18.3. The fourth-order valence-electron chi connectivity index (χ4n) is 1.99. The Morgan fingerprint density at radius 1 is 1.47 bits per heavy atom. The largest absolute Gasteiger partial charge is 0.397 e. The first-order valence-electron chi connectivity index (χ1n) is 5.39. The van der Waals surface area contributed by atoms with Gasteiger partial charge in [0, 0.05) is 6.54 Å². The highest BCUT2D eigenvalue weighted by atomic mass is 35.5. The summed E-state index contributed by atoms with van der Waals surface area (Å²) in [6.07, 6.45) is 3.94. The first-order chi connectivity index (χ1) is 7.11. The van der Waals surface area contributed by atoms with Gasteiger partial charge in [-0.05, 0) is 30.4 Å². The molecule has 0 saturated heterocycles. The van der Waals surface area contributed by atoms with Crippen LogP contribution >= 0.6 is 11.6 Å². The zero-order valence-corrected chi connectivity index (χ0v) is 9.77. The number of anilines is 2. The number of benzene rings is 1. The second-order valence-corrected chi connectivity index (χ2v) is 5.13. The molecule has 0 aromatic heterocycles. The molecule has 1 fully saturated rings. The molecule has 0 aliphatic heterocycles. The Morgan fingerprint density at radius 2 is 2.20 bits per heavy atom. The highest BCUT2D eigenvalue weighted by Crippen LogP contribution is 2.41. The van der Waals surface area contributed by atoms with Crippen LogP contribution in [0, 0.1) is 5.41 Å². The monoisotopic (exact) mass is 224 g/mol. The van der Waals surface area contributed by atoms with Crippen LogP contribution in [0.5, 0.6) is 0 Å². The van der Waals surface area contributed by atoms with E-state index in [9.17, 15) is 0 Å². The van der Waals surface area contributed by atoms with E-state index in [1.54, 1.807) is 0 Å². The highest BCUT2D eigenvalue weighted by molar-refractivity contribution is 6.33. The second kappa shape index (κ2) is 3.93. The quantitative estimate of drug-likeness (QED) is 0.771. The molecule has 15 heavy (non-hydrogen) atoms. The number of hydrogen-bond donors (Lipinski definition) is 2. The van der Waals surface area contributed by atoms with Crippen molar-refractivity contribution in [1.82, 2.24) is 0 Å². The van der Waals surface area contributed by atoms with E-state index in [1.807, 2.05) is 18.2 Å². The third-order valence-electron chi connectivity index (χ3n) is 3.30. The standard InChI is InChI=1S/C12H17ClN2/c1-12(6-3-7-12)8-15-11-9(13)4-2-5-10(11)14/h2,4-5,15H,3,6-8,14H2,1H3. The van der Waals surface area contributed by atoms with Crippen molar-refractivity contribution in [3.8, 4) is 0 Å². The lowest BCUT2D eigenvalue weighted by atomic mass is 9.70. The van der Waals surface area contributed by atoms with E-state index < -0.39 is 0 Å². The molecule has 0 amide bonds. The summed E-state index contributed by atoms with van der Waals surface area (Å²) in [6.45, 7) is 3.26. The number of nitrogen functional groups attached to an aromatic ring is 1. The Labute approximate surface area is 95.8 Å². The maximum atomic E-state index is 6.08. The molecule has 1 aliphatic carbocycles. The van der Waals surface area contributed by atoms with Gasteiger partial charge in [0.15, 0.2) is 0 Å². The SMILES string of the molecule is CC1(CNc2c(N)cccc2Cl)CCC1. The topological polar surface area (TPSA) is 38.0 Å². The maximum Gasteiger partial charge on any atom is 0.0763 e. The predicted octanol–water partition coefficient (Wildman–Crippen LogP) is 3.52. The molecular formula is C12H17ClN2. The van der Waals surface area contributed by atoms with Crippen LogP contribution in [0.2, 0.25) is 5.02 Å². The molecule has 82 valence electrons. The first kappa shape index (κ1) is 10.6. The number of para-hydroxylation sites is 1. The number of rotatable bonds is 3. The fraction of sp³-hybridized carbons (Fsp3) is 0.500. The van der Waals surface area contributed by atoms with Gasteiger partial charge >= 0.3 is 0 Å². The van der Waals surface area contributed by atoms with Gasteiger partial charge < -0.3 is 11.1 Å². The summed E-state index contributed by atoms with van der Waals surface area (Å²) in [7, 11) is 0. The third-order valence-corrected chi connectivity index (χ3v) is 3.61. The van der Waals surface area contributed by atoms with Crippen LogP contribution in [0.25, 0.3) is 0 Å². The number of hydrogen-bond acceptors (Lipinski definition) is 2. The van der Waals surface area contributed by atoms with Crippen molar-refractivity contribution in [2.24, 2.45) is 5.41 Å². The Hall–Kier alpha value is -0.890.